The van der Waals surface area contributed by atoms with Crippen LogP contribution in [-0.2, 0) is 11.2 Å². The number of carbonyl (C=O) groups is 1. The number of para-hydroxylation sites is 1. The van der Waals surface area contributed by atoms with Crippen LogP contribution in [0.5, 0.6) is 17.2 Å². The number of aromatic amines is 1. The summed E-state index contributed by atoms with van der Waals surface area (Å²) in [5.41, 5.74) is 2.72. The van der Waals surface area contributed by atoms with E-state index in [2.05, 4.69) is 15.6 Å². The lowest BCUT2D eigenvalue weighted by Gasteiger charge is -2.29. The van der Waals surface area contributed by atoms with Crippen LogP contribution >= 0.6 is 0 Å². The number of nitrogens with one attached hydrogen (secondary N) is 3. The van der Waals surface area contributed by atoms with E-state index in [1.54, 1.807) is 18.3 Å². The molecule has 38 heavy (non-hydrogen) atoms. The molecule has 2 aliphatic heterocycles. The van der Waals surface area contributed by atoms with E-state index in [-0.39, 0.29) is 29.0 Å². The third kappa shape index (κ3) is 4.17. The Balaban J connectivity index is 1.24. The molecule has 2 aliphatic rings. The Morgan fingerprint density at radius 2 is 1.95 bits per heavy atom. The molecule has 6 rings (SSSR count). The molecule has 3 heterocycles. The van der Waals surface area contributed by atoms with Gasteiger partial charge in [0.1, 0.15) is 23.5 Å². The van der Waals surface area contributed by atoms with Gasteiger partial charge in [-0.1, -0.05) is 18.2 Å². The lowest BCUT2D eigenvalue weighted by atomic mass is 9.88. The van der Waals surface area contributed by atoms with Gasteiger partial charge >= 0.3 is 5.97 Å². The zero-order valence-corrected chi connectivity index (χ0v) is 19.9. The molecule has 4 N–H and O–H groups in total. The van der Waals surface area contributed by atoms with Crippen molar-refractivity contribution in [2.75, 3.05) is 6.61 Å². The van der Waals surface area contributed by atoms with Crippen molar-refractivity contribution in [1.29, 1.82) is 0 Å². The molecule has 0 radical (unpaired) electrons. The Morgan fingerprint density at radius 3 is 2.79 bits per heavy atom. The number of H-pyrrole nitrogens is 1. The molecule has 4 aromatic rings. The molecule has 0 bridgehead atoms. The number of aromatic nitrogens is 1. The van der Waals surface area contributed by atoms with Gasteiger partial charge in [-0.25, -0.2) is 13.2 Å². The van der Waals surface area contributed by atoms with Crippen molar-refractivity contribution < 1.29 is 32.5 Å². The van der Waals surface area contributed by atoms with Crippen LogP contribution in [0.2, 0.25) is 0 Å². The number of carboxylic acids is 1. The summed E-state index contributed by atoms with van der Waals surface area (Å²) in [6.07, 6.45) is 3.07. The molecular formula is C28H22F3N3O4. The third-order valence-corrected chi connectivity index (χ3v) is 6.79. The van der Waals surface area contributed by atoms with Gasteiger partial charge in [0.15, 0.2) is 17.4 Å². The number of hydrogen-bond acceptors (Lipinski definition) is 5. The van der Waals surface area contributed by atoms with Crippen LogP contribution in [0.4, 0.5) is 13.2 Å². The van der Waals surface area contributed by atoms with Crippen molar-refractivity contribution in [3.63, 3.8) is 0 Å². The third-order valence-electron chi connectivity index (χ3n) is 6.79. The monoisotopic (exact) mass is 521 g/mol. The first-order chi connectivity index (χ1) is 18.4. The average Bonchev–Trinajstić information content (AvgIpc) is 3.57. The quantitative estimate of drug-likeness (QED) is 0.264. The highest BCUT2D eigenvalue weighted by atomic mass is 19.1. The molecule has 0 spiro atoms. The lowest BCUT2D eigenvalue weighted by molar-refractivity contribution is -0.136. The number of halogens is 3. The van der Waals surface area contributed by atoms with Crippen LogP contribution in [-0.4, -0.2) is 22.7 Å². The smallest absolute Gasteiger partial charge is 0.307 e. The van der Waals surface area contributed by atoms with Crippen molar-refractivity contribution >= 4 is 16.9 Å². The van der Waals surface area contributed by atoms with Crippen LogP contribution in [0.25, 0.3) is 10.9 Å². The van der Waals surface area contributed by atoms with E-state index in [0.717, 1.165) is 17.3 Å². The van der Waals surface area contributed by atoms with E-state index in [0.29, 0.717) is 29.9 Å². The van der Waals surface area contributed by atoms with Crippen LogP contribution in [0.1, 0.15) is 35.2 Å². The summed E-state index contributed by atoms with van der Waals surface area (Å²) in [4.78, 5) is 14.0. The number of carboxylic acid groups (broad SMARTS) is 1. The first kappa shape index (κ1) is 23.8. The highest BCUT2D eigenvalue weighted by molar-refractivity contribution is 5.82. The normalized spacial score (nSPS) is 18.2. The maximum atomic E-state index is 14.9. The van der Waals surface area contributed by atoms with Crippen LogP contribution in [0.15, 0.2) is 66.6 Å². The number of ether oxygens (including phenoxy) is 2. The van der Waals surface area contributed by atoms with E-state index in [4.69, 9.17) is 9.47 Å². The van der Waals surface area contributed by atoms with E-state index in [1.165, 1.54) is 30.5 Å². The molecule has 7 nitrogen and oxygen atoms in total. The molecule has 1 aromatic heterocycles. The molecule has 2 atom stereocenters. The molecule has 2 unspecified atom stereocenters. The maximum absolute atomic E-state index is 14.9. The summed E-state index contributed by atoms with van der Waals surface area (Å²) in [5, 5.41) is 15.8. The Morgan fingerprint density at radius 1 is 1.08 bits per heavy atom. The molecular weight excluding hydrogens is 499 g/mol. The predicted molar refractivity (Wildman–Crippen MR) is 132 cm³/mol. The van der Waals surface area contributed by atoms with Crippen molar-refractivity contribution in [1.82, 2.24) is 15.6 Å². The summed E-state index contributed by atoms with van der Waals surface area (Å²) >= 11 is 0. The minimum absolute atomic E-state index is 0.0702. The van der Waals surface area contributed by atoms with E-state index in [1.807, 2.05) is 6.07 Å². The van der Waals surface area contributed by atoms with Gasteiger partial charge in [-0.15, -0.1) is 0 Å². The molecule has 3 aromatic carbocycles. The molecule has 0 saturated carbocycles. The van der Waals surface area contributed by atoms with Crippen LogP contribution in [0.3, 0.4) is 0 Å². The van der Waals surface area contributed by atoms with Gasteiger partial charge in [-0.05, 0) is 30.7 Å². The van der Waals surface area contributed by atoms with Gasteiger partial charge in [0.05, 0.1) is 18.5 Å². The molecule has 0 saturated heterocycles. The van der Waals surface area contributed by atoms with Gasteiger partial charge in [0, 0.05) is 52.2 Å². The second-order valence-electron chi connectivity index (χ2n) is 9.17. The van der Waals surface area contributed by atoms with Crippen LogP contribution < -0.4 is 20.1 Å². The maximum Gasteiger partial charge on any atom is 0.307 e. The topological polar surface area (TPSA) is 95.6 Å². The predicted octanol–water partition coefficient (Wildman–Crippen LogP) is 5.60. The number of allylic oxidation sites excluding steroid dienone is 1. The van der Waals surface area contributed by atoms with Gasteiger partial charge < -0.3 is 30.2 Å². The Hall–Kier alpha value is -4.60. The molecule has 0 aliphatic carbocycles. The highest BCUT2D eigenvalue weighted by Gasteiger charge is 2.31. The van der Waals surface area contributed by atoms with E-state index < -0.39 is 35.3 Å². The second kappa shape index (κ2) is 9.37. The molecule has 194 valence electrons. The highest BCUT2D eigenvalue weighted by Crippen LogP contribution is 2.41. The summed E-state index contributed by atoms with van der Waals surface area (Å²) < 4.78 is 55.7. The Kier molecular flexibility index (Phi) is 5.86. The van der Waals surface area contributed by atoms with Gasteiger partial charge in [0.25, 0.3) is 0 Å². The van der Waals surface area contributed by atoms with E-state index >= 15 is 0 Å². The van der Waals surface area contributed by atoms with Crippen LogP contribution in [0, 0.1) is 17.5 Å². The number of aliphatic carboxylic acids is 1. The number of benzene rings is 3. The van der Waals surface area contributed by atoms with E-state index in [9.17, 15) is 23.1 Å². The van der Waals surface area contributed by atoms with Gasteiger partial charge in [-0.3, -0.25) is 4.79 Å². The van der Waals surface area contributed by atoms with Crippen molar-refractivity contribution in [2.45, 2.75) is 24.9 Å². The molecule has 10 heteroatoms. The number of hydrogen-bond donors (Lipinski definition) is 4. The Bertz CT molecular complexity index is 1600. The minimum Gasteiger partial charge on any atom is -0.493 e. The average molecular weight is 521 g/mol. The SMILES string of the molecule is O=C(O)Cc1cccc2c1OCCC2C1=CNC(c2cc(Oc3c(F)cc4[nH]ccc4c3F)ccc2F)N1. The summed E-state index contributed by atoms with van der Waals surface area (Å²) in [6.45, 7) is 0.401. The largest absolute Gasteiger partial charge is 0.493 e. The molecule has 0 fully saturated rings. The minimum atomic E-state index is -0.950. The van der Waals surface area contributed by atoms with Gasteiger partial charge in [-0.2, -0.15) is 0 Å². The number of fused-ring (bicyclic) bond motifs is 2. The van der Waals surface area contributed by atoms with Crippen molar-refractivity contribution in [2.24, 2.45) is 0 Å². The number of rotatable bonds is 6. The fourth-order valence-corrected chi connectivity index (χ4v) is 5.04. The Labute approximate surface area is 214 Å². The fraction of sp³-hybridized carbons (Fsp3) is 0.179. The second-order valence-corrected chi connectivity index (χ2v) is 9.17. The summed E-state index contributed by atoms with van der Waals surface area (Å²) in [7, 11) is 0. The first-order valence-electron chi connectivity index (χ1n) is 12.0. The molecule has 0 amide bonds. The van der Waals surface area contributed by atoms with Crippen molar-refractivity contribution in [3.8, 4) is 17.2 Å². The van der Waals surface area contributed by atoms with Gasteiger partial charge in [0.2, 0.25) is 0 Å². The fourth-order valence-electron chi connectivity index (χ4n) is 5.04. The zero-order valence-electron chi connectivity index (χ0n) is 19.9. The van der Waals surface area contributed by atoms with Crippen molar-refractivity contribution in [3.05, 3.63) is 101 Å². The lowest BCUT2D eigenvalue weighted by Crippen LogP contribution is -2.27. The summed E-state index contributed by atoms with van der Waals surface area (Å²) in [5.74, 6) is -3.29. The summed E-state index contributed by atoms with van der Waals surface area (Å²) in [6, 6.07) is 11.9. The first-order valence-corrected chi connectivity index (χ1v) is 12.0. The standard InChI is InChI=1S/C28H22F3N3O4/c29-20-5-4-15(38-27-21(30)12-22-18(25(27)31)6-8-32-22)11-19(20)28-33-13-23(34-28)16-7-9-37-26-14(10-24(35)36)2-1-3-17(16)26/h1-6,8,11-13,16,28,32-34H,7,9-10H2,(H,35,36). The zero-order chi connectivity index (χ0) is 26.4.